The summed E-state index contributed by atoms with van der Waals surface area (Å²) in [7, 11) is 0. The lowest BCUT2D eigenvalue weighted by Gasteiger charge is -2.08. The molecule has 4 heteroatoms. The molecule has 5 aromatic rings. The molecule has 0 aliphatic carbocycles. The fraction of sp³-hybridized carbons (Fsp3) is 0.0769. The summed E-state index contributed by atoms with van der Waals surface area (Å²) in [5, 5.41) is 0. The van der Waals surface area contributed by atoms with Crippen LogP contribution in [-0.2, 0) is 6.54 Å². The molecule has 5 rings (SSSR count). The fourth-order valence-electron chi connectivity index (χ4n) is 3.61. The monoisotopic (exact) mass is 408 g/mol. The van der Waals surface area contributed by atoms with E-state index in [-0.39, 0.29) is 5.56 Å². The van der Waals surface area contributed by atoms with Crippen LogP contribution in [0.25, 0.3) is 31.8 Å². The zero-order valence-corrected chi connectivity index (χ0v) is 17.4. The summed E-state index contributed by atoms with van der Waals surface area (Å²) < 4.78 is 2.76. The molecular formula is C26H20N2OS. The largest absolute Gasteiger partial charge is 0.326 e. The van der Waals surface area contributed by atoms with Crippen LogP contribution in [0.15, 0.2) is 96.1 Å². The maximum atomic E-state index is 12.4. The fourth-order valence-corrected chi connectivity index (χ4v) is 4.67. The molecule has 0 saturated carbocycles. The predicted octanol–water partition coefficient (Wildman–Crippen LogP) is 6.15. The van der Waals surface area contributed by atoms with Crippen molar-refractivity contribution >= 4 is 21.6 Å². The van der Waals surface area contributed by atoms with Gasteiger partial charge in [0.05, 0.1) is 11.8 Å². The zero-order chi connectivity index (χ0) is 20.5. The van der Waals surface area contributed by atoms with E-state index in [1.54, 1.807) is 6.33 Å². The molecule has 0 aliphatic heterocycles. The van der Waals surface area contributed by atoms with Gasteiger partial charge in [0.2, 0.25) is 0 Å². The van der Waals surface area contributed by atoms with Gasteiger partial charge in [0.25, 0.3) is 5.56 Å². The minimum Gasteiger partial charge on any atom is -0.326 e. The Morgan fingerprint density at radius 3 is 2.23 bits per heavy atom. The van der Waals surface area contributed by atoms with Gasteiger partial charge in [-0.2, -0.15) is 4.98 Å². The first-order chi connectivity index (χ1) is 14.7. The summed E-state index contributed by atoms with van der Waals surface area (Å²) in [6, 6.07) is 29.4. The Hall–Kier alpha value is -3.50. The van der Waals surface area contributed by atoms with Crippen LogP contribution in [0.5, 0.6) is 0 Å². The van der Waals surface area contributed by atoms with Crippen LogP contribution >= 0.6 is 11.3 Å². The highest BCUT2D eigenvalue weighted by Crippen LogP contribution is 2.33. The van der Waals surface area contributed by atoms with Gasteiger partial charge in [-0.25, -0.2) is 0 Å². The van der Waals surface area contributed by atoms with Crippen LogP contribution in [0.2, 0.25) is 0 Å². The lowest BCUT2D eigenvalue weighted by atomic mass is 10.0. The van der Waals surface area contributed by atoms with E-state index in [1.807, 2.05) is 18.2 Å². The summed E-state index contributed by atoms with van der Waals surface area (Å²) in [4.78, 5) is 17.6. The number of benzene rings is 3. The van der Waals surface area contributed by atoms with Crippen molar-refractivity contribution in [3.05, 3.63) is 113 Å². The van der Waals surface area contributed by atoms with E-state index < -0.39 is 0 Å². The third kappa shape index (κ3) is 3.58. The van der Waals surface area contributed by atoms with Crippen molar-refractivity contribution in [3.63, 3.8) is 0 Å². The number of fused-ring (bicyclic) bond motifs is 1. The van der Waals surface area contributed by atoms with Crippen molar-refractivity contribution in [3.8, 4) is 21.6 Å². The number of thiophene rings is 1. The molecule has 0 fully saturated rings. The average molecular weight is 409 g/mol. The lowest BCUT2D eigenvalue weighted by molar-refractivity contribution is 0.799. The zero-order valence-electron chi connectivity index (χ0n) is 16.6. The first kappa shape index (κ1) is 18.5. The smallest absolute Gasteiger partial charge is 0.290 e. The summed E-state index contributed by atoms with van der Waals surface area (Å²) in [5.41, 5.74) is 6.68. The van der Waals surface area contributed by atoms with Gasteiger partial charge < -0.3 is 4.57 Å². The molecule has 0 bridgehead atoms. The summed E-state index contributed by atoms with van der Waals surface area (Å²) >= 11 is 1.51. The minimum atomic E-state index is -0.165. The Balaban J connectivity index is 1.52. The number of aryl methyl sites for hydroxylation is 1. The van der Waals surface area contributed by atoms with Crippen molar-refractivity contribution in [2.24, 2.45) is 0 Å². The average Bonchev–Trinajstić information content (AvgIpc) is 3.25. The van der Waals surface area contributed by atoms with Crippen LogP contribution in [0.1, 0.15) is 11.1 Å². The predicted molar refractivity (Wildman–Crippen MR) is 125 cm³/mol. The van der Waals surface area contributed by atoms with E-state index in [1.165, 1.54) is 33.6 Å². The summed E-state index contributed by atoms with van der Waals surface area (Å²) in [6.45, 7) is 2.77. The number of nitrogens with zero attached hydrogens (tertiary/aromatic N) is 2. The third-order valence-corrected chi connectivity index (χ3v) is 6.44. The molecule has 2 aromatic heterocycles. The number of hydrogen-bond acceptors (Lipinski definition) is 3. The van der Waals surface area contributed by atoms with Crippen LogP contribution in [0.3, 0.4) is 0 Å². The van der Waals surface area contributed by atoms with Gasteiger partial charge in [-0.15, -0.1) is 11.3 Å². The maximum Gasteiger partial charge on any atom is 0.290 e. The second kappa shape index (κ2) is 7.73. The first-order valence-electron chi connectivity index (χ1n) is 9.88. The molecule has 30 heavy (non-hydrogen) atoms. The molecule has 2 heterocycles. The van der Waals surface area contributed by atoms with Crippen molar-refractivity contribution < 1.29 is 0 Å². The number of hydrogen-bond donors (Lipinski definition) is 0. The second-order valence-electron chi connectivity index (χ2n) is 7.43. The van der Waals surface area contributed by atoms with E-state index in [2.05, 4.69) is 83.2 Å². The summed E-state index contributed by atoms with van der Waals surface area (Å²) in [6.07, 6.45) is 1.65. The van der Waals surface area contributed by atoms with Gasteiger partial charge in [0.1, 0.15) is 4.70 Å². The van der Waals surface area contributed by atoms with E-state index in [0.29, 0.717) is 11.2 Å². The molecular weight excluding hydrogens is 388 g/mol. The second-order valence-corrected chi connectivity index (χ2v) is 8.48. The lowest BCUT2D eigenvalue weighted by Crippen LogP contribution is -2.11. The molecule has 0 saturated heterocycles. The maximum absolute atomic E-state index is 12.4. The van der Waals surface area contributed by atoms with Gasteiger partial charge in [-0.05, 0) is 35.2 Å². The van der Waals surface area contributed by atoms with Crippen molar-refractivity contribution in [1.29, 1.82) is 0 Å². The Morgan fingerprint density at radius 2 is 1.50 bits per heavy atom. The summed E-state index contributed by atoms with van der Waals surface area (Å²) in [5.74, 6) is 0. The van der Waals surface area contributed by atoms with Crippen LogP contribution in [0.4, 0.5) is 0 Å². The van der Waals surface area contributed by atoms with Crippen molar-refractivity contribution in [2.45, 2.75) is 13.5 Å². The number of aromatic nitrogens is 2. The van der Waals surface area contributed by atoms with E-state index in [9.17, 15) is 4.79 Å². The molecule has 0 spiro atoms. The van der Waals surface area contributed by atoms with Crippen molar-refractivity contribution in [2.75, 3.05) is 0 Å². The van der Waals surface area contributed by atoms with E-state index >= 15 is 0 Å². The molecule has 0 N–H and O–H groups in total. The Bertz CT molecular complexity index is 1370. The van der Waals surface area contributed by atoms with Gasteiger partial charge in [0, 0.05) is 11.4 Å². The van der Waals surface area contributed by atoms with E-state index in [4.69, 9.17) is 0 Å². The normalized spacial score (nSPS) is 11.1. The van der Waals surface area contributed by atoms with Gasteiger partial charge in [-0.3, -0.25) is 4.79 Å². The molecule has 0 aliphatic rings. The van der Waals surface area contributed by atoms with Gasteiger partial charge in [-0.1, -0.05) is 84.4 Å². The highest BCUT2D eigenvalue weighted by atomic mass is 32.1. The Morgan fingerprint density at radius 1 is 0.833 bits per heavy atom. The topological polar surface area (TPSA) is 34.9 Å². The van der Waals surface area contributed by atoms with Crippen LogP contribution < -0.4 is 5.56 Å². The highest BCUT2D eigenvalue weighted by molar-refractivity contribution is 7.22. The molecule has 0 radical (unpaired) electrons. The highest BCUT2D eigenvalue weighted by Gasteiger charge is 2.11. The number of rotatable bonds is 4. The van der Waals surface area contributed by atoms with Crippen LogP contribution in [-0.4, -0.2) is 9.55 Å². The standard InChI is InChI=1S/C26H20N2OS/c1-18-7-9-19(10-8-18)16-28-17-27-26(29)25-23(28)15-24(30-25)22-13-11-21(12-14-22)20-5-3-2-4-6-20/h2-15,17H,16H2,1H3. The first-order valence-corrected chi connectivity index (χ1v) is 10.7. The molecule has 146 valence electrons. The van der Waals surface area contributed by atoms with Crippen LogP contribution in [0, 0.1) is 6.92 Å². The third-order valence-electron chi connectivity index (χ3n) is 5.28. The molecule has 0 atom stereocenters. The molecule has 3 aromatic carbocycles. The Kier molecular flexibility index (Phi) is 4.77. The molecule has 3 nitrogen and oxygen atoms in total. The van der Waals surface area contributed by atoms with Gasteiger partial charge in [0.15, 0.2) is 0 Å². The quantitative estimate of drug-likeness (QED) is 0.357. The molecule has 0 amide bonds. The molecule has 0 unspecified atom stereocenters. The van der Waals surface area contributed by atoms with Crippen molar-refractivity contribution in [1.82, 2.24) is 9.55 Å². The van der Waals surface area contributed by atoms with E-state index in [0.717, 1.165) is 16.0 Å². The minimum absolute atomic E-state index is 0.165. The SMILES string of the molecule is Cc1ccc(Cn2cnc(=O)c3sc(-c4ccc(-c5ccccc5)cc4)cc32)cc1. The Labute approximate surface area is 178 Å². The van der Waals surface area contributed by atoms with Gasteiger partial charge >= 0.3 is 0 Å².